The summed E-state index contributed by atoms with van der Waals surface area (Å²) in [6.07, 6.45) is 5.45. The first kappa shape index (κ1) is 20.7. The van der Waals surface area contributed by atoms with Crippen LogP contribution in [0.1, 0.15) is 24.9 Å². The highest BCUT2D eigenvalue weighted by atomic mass is 35.5. The van der Waals surface area contributed by atoms with Crippen LogP contribution in [0, 0.1) is 11.7 Å². The van der Waals surface area contributed by atoms with E-state index >= 15 is 4.39 Å². The Morgan fingerprint density at radius 2 is 2.18 bits per heavy atom. The number of aromatic amines is 1. The third kappa shape index (κ3) is 3.21. The monoisotopic (exact) mass is 483 g/mol. The van der Waals surface area contributed by atoms with Gasteiger partial charge >= 0.3 is 0 Å². The van der Waals surface area contributed by atoms with Gasteiger partial charge in [0.05, 0.1) is 34.9 Å². The topological polar surface area (TPSA) is 119 Å². The van der Waals surface area contributed by atoms with Crippen LogP contribution in [0.3, 0.4) is 0 Å². The van der Waals surface area contributed by atoms with E-state index in [1.165, 1.54) is 11.0 Å². The fourth-order valence-electron chi connectivity index (χ4n) is 4.14. The lowest BCUT2D eigenvalue weighted by atomic mass is 9.97. The lowest BCUT2D eigenvalue weighted by Crippen LogP contribution is -2.15. The van der Waals surface area contributed by atoms with Crippen LogP contribution < -0.4 is 5.32 Å². The summed E-state index contributed by atoms with van der Waals surface area (Å²) in [6.45, 7) is 1.76. The molecule has 4 heterocycles. The number of fused-ring (bicyclic) bond motifs is 2. The van der Waals surface area contributed by atoms with E-state index in [-0.39, 0.29) is 17.0 Å². The summed E-state index contributed by atoms with van der Waals surface area (Å²) < 4.78 is 31.9. The largest absolute Gasteiger partial charge is 0.309 e. The van der Waals surface area contributed by atoms with Crippen LogP contribution in [-0.4, -0.2) is 51.9 Å². The van der Waals surface area contributed by atoms with Crippen LogP contribution in [0.25, 0.3) is 27.7 Å². The van der Waals surface area contributed by atoms with Crippen molar-refractivity contribution >= 4 is 39.9 Å². The summed E-state index contributed by atoms with van der Waals surface area (Å²) in [4.78, 5) is 16.4. The van der Waals surface area contributed by atoms with E-state index < -0.39 is 29.9 Å². The summed E-state index contributed by atoms with van der Waals surface area (Å²) in [7, 11) is 0. The molecule has 1 saturated carbocycles. The third-order valence-corrected chi connectivity index (χ3v) is 6.40. The zero-order valence-electron chi connectivity index (χ0n) is 17.6. The number of nitrogens with one attached hydrogen (secondary N) is 2. The molecule has 4 aromatic heterocycles. The first-order valence-electron chi connectivity index (χ1n) is 10.4. The van der Waals surface area contributed by atoms with E-state index in [9.17, 15) is 9.18 Å². The second-order valence-electron chi connectivity index (χ2n) is 8.20. The van der Waals surface area contributed by atoms with Gasteiger partial charge in [-0.25, -0.2) is 18.4 Å². The number of imidazole rings is 1. The molecule has 6 rings (SSSR count). The van der Waals surface area contributed by atoms with Gasteiger partial charge in [-0.05, 0) is 35.9 Å². The summed E-state index contributed by atoms with van der Waals surface area (Å²) in [5.74, 6) is -1.32. The molecule has 0 saturated heterocycles. The summed E-state index contributed by atoms with van der Waals surface area (Å²) in [5, 5.41) is 21.3. The Bertz CT molecular complexity index is 1560. The van der Waals surface area contributed by atoms with Gasteiger partial charge < -0.3 is 9.72 Å². The zero-order valence-corrected chi connectivity index (χ0v) is 18.3. The van der Waals surface area contributed by atoms with Crippen molar-refractivity contribution in [1.82, 2.24) is 39.8 Å². The molecule has 2 N–H and O–H groups in total. The van der Waals surface area contributed by atoms with E-state index in [4.69, 9.17) is 11.6 Å². The Balaban J connectivity index is 1.43. The van der Waals surface area contributed by atoms with E-state index in [2.05, 4.69) is 36.0 Å². The molecule has 34 heavy (non-hydrogen) atoms. The van der Waals surface area contributed by atoms with Crippen molar-refractivity contribution in [3.8, 4) is 11.1 Å². The maximum absolute atomic E-state index is 15.6. The first-order valence-corrected chi connectivity index (χ1v) is 10.8. The van der Waals surface area contributed by atoms with Crippen LogP contribution >= 0.6 is 11.6 Å². The Morgan fingerprint density at radius 3 is 2.91 bits per heavy atom. The molecule has 1 aliphatic carbocycles. The number of pyridine rings is 1. The van der Waals surface area contributed by atoms with Gasteiger partial charge in [-0.3, -0.25) is 9.89 Å². The molecular weight excluding hydrogens is 468 g/mol. The summed E-state index contributed by atoms with van der Waals surface area (Å²) >= 11 is 6.56. The number of H-pyrrole nitrogens is 1. The SMILES string of the molecule is C[C@H](c1c(F)c(Cl)c(-c2ccc3nc(NC(=O)[C@@H]4C[C@@H]4F)cn3c2)c2cn[nH]c12)n1cnnn1. The molecular formula is C21H16ClF2N9O. The van der Waals surface area contributed by atoms with Crippen LogP contribution in [0.15, 0.2) is 37.1 Å². The number of hydrogen-bond donors (Lipinski definition) is 2. The standard InChI is InChI=1S/C21H16ClF2N9O/c1-9(33-8-26-30-31-33)16-19(24)18(22)17(12-5-25-29-20(12)16)10-2-3-15-27-14(7-32(15)6-10)28-21(34)11-4-13(11)23/h2-3,5-9,11,13H,4H2,1H3,(H,25,29)(H,28,34)/t9-,11-,13+/m1/s1. The number of carbonyl (C=O) groups excluding carboxylic acids is 1. The van der Waals surface area contributed by atoms with Gasteiger partial charge in [0, 0.05) is 28.3 Å². The number of halogens is 3. The fourth-order valence-corrected chi connectivity index (χ4v) is 4.46. The molecule has 1 amide bonds. The van der Waals surface area contributed by atoms with Crippen molar-refractivity contribution in [3.63, 3.8) is 0 Å². The van der Waals surface area contributed by atoms with Gasteiger partial charge in [-0.1, -0.05) is 11.6 Å². The lowest BCUT2D eigenvalue weighted by molar-refractivity contribution is -0.117. The average molecular weight is 484 g/mol. The van der Waals surface area contributed by atoms with E-state index in [0.29, 0.717) is 33.5 Å². The van der Waals surface area contributed by atoms with Gasteiger partial charge in [0.2, 0.25) is 5.91 Å². The average Bonchev–Trinajstić information content (AvgIpc) is 3.26. The minimum atomic E-state index is -1.09. The molecule has 0 bridgehead atoms. The molecule has 10 nitrogen and oxygen atoms in total. The highest BCUT2D eigenvalue weighted by molar-refractivity contribution is 6.35. The van der Waals surface area contributed by atoms with E-state index in [1.807, 2.05) is 0 Å². The molecule has 0 aliphatic heterocycles. The van der Waals surface area contributed by atoms with Crippen molar-refractivity contribution in [2.75, 3.05) is 5.32 Å². The van der Waals surface area contributed by atoms with Crippen molar-refractivity contribution in [2.24, 2.45) is 5.92 Å². The van der Waals surface area contributed by atoms with Crippen LogP contribution in [0.2, 0.25) is 5.02 Å². The molecule has 5 aromatic rings. The Labute approximate surface area is 194 Å². The number of amides is 1. The number of aromatic nitrogens is 8. The molecule has 1 fully saturated rings. The number of alkyl halides is 1. The minimum absolute atomic E-state index is 0.0699. The van der Waals surface area contributed by atoms with Crippen molar-refractivity contribution < 1.29 is 13.6 Å². The highest BCUT2D eigenvalue weighted by Crippen LogP contribution is 2.41. The number of anilines is 1. The third-order valence-electron chi connectivity index (χ3n) is 6.05. The van der Waals surface area contributed by atoms with Crippen LogP contribution in [-0.2, 0) is 4.79 Å². The molecule has 0 spiro atoms. The van der Waals surface area contributed by atoms with Crippen LogP contribution in [0.5, 0.6) is 0 Å². The Morgan fingerprint density at radius 1 is 1.35 bits per heavy atom. The number of nitrogens with zero attached hydrogens (tertiary/aromatic N) is 7. The number of carbonyl (C=O) groups is 1. The summed E-state index contributed by atoms with van der Waals surface area (Å²) in [5.41, 5.74) is 2.38. The fraction of sp³-hybridized carbons (Fsp3) is 0.238. The zero-order chi connectivity index (χ0) is 23.6. The van der Waals surface area contributed by atoms with E-state index in [0.717, 1.165) is 0 Å². The van der Waals surface area contributed by atoms with Gasteiger partial charge in [-0.15, -0.1) is 5.10 Å². The van der Waals surface area contributed by atoms with Crippen molar-refractivity contribution in [3.05, 3.63) is 53.5 Å². The number of tetrazole rings is 1. The molecule has 0 radical (unpaired) electrons. The van der Waals surface area contributed by atoms with Gasteiger partial charge in [0.25, 0.3) is 0 Å². The maximum Gasteiger partial charge on any atom is 0.231 e. The Kier molecular flexibility index (Phi) is 4.59. The minimum Gasteiger partial charge on any atom is -0.309 e. The van der Waals surface area contributed by atoms with Gasteiger partial charge in [0.1, 0.15) is 24.0 Å². The van der Waals surface area contributed by atoms with Crippen molar-refractivity contribution in [2.45, 2.75) is 25.6 Å². The van der Waals surface area contributed by atoms with Crippen molar-refractivity contribution in [1.29, 1.82) is 0 Å². The number of benzene rings is 1. The van der Waals surface area contributed by atoms with Gasteiger partial charge in [0.15, 0.2) is 5.82 Å². The van der Waals surface area contributed by atoms with Gasteiger partial charge in [-0.2, -0.15) is 5.10 Å². The second kappa shape index (κ2) is 7.55. The Hall–Kier alpha value is -3.93. The molecule has 13 heteroatoms. The highest BCUT2D eigenvalue weighted by Gasteiger charge is 2.43. The molecule has 1 aromatic carbocycles. The normalized spacial score (nSPS) is 18.5. The lowest BCUT2D eigenvalue weighted by Gasteiger charge is -2.17. The number of rotatable bonds is 5. The smallest absolute Gasteiger partial charge is 0.231 e. The molecule has 1 aliphatic rings. The molecule has 3 atom stereocenters. The molecule has 172 valence electrons. The summed E-state index contributed by atoms with van der Waals surface area (Å²) in [6, 6.07) is 2.93. The first-order chi connectivity index (χ1) is 16.4. The second-order valence-corrected chi connectivity index (χ2v) is 8.58. The molecule has 0 unspecified atom stereocenters. The predicted molar refractivity (Wildman–Crippen MR) is 119 cm³/mol. The predicted octanol–water partition coefficient (Wildman–Crippen LogP) is 3.56. The van der Waals surface area contributed by atoms with Crippen LogP contribution in [0.4, 0.5) is 14.6 Å². The number of hydrogen-bond acceptors (Lipinski definition) is 6. The van der Waals surface area contributed by atoms with E-state index in [1.54, 1.807) is 42.0 Å². The quantitative estimate of drug-likeness (QED) is 0.394. The maximum atomic E-state index is 15.6.